The summed E-state index contributed by atoms with van der Waals surface area (Å²) in [5.41, 5.74) is 9.37. The summed E-state index contributed by atoms with van der Waals surface area (Å²) in [6.45, 7) is 0.397. The predicted molar refractivity (Wildman–Crippen MR) is 143 cm³/mol. The van der Waals surface area contributed by atoms with Crippen molar-refractivity contribution < 1.29 is 23.1 Å². The number of anilines is 2. The van der Waals surface area contributed by atoms with Crippen LogP contribution in [-0.4, -0.2) is 52.1 Å². The average Bonchev–Trinajstić information content (AvgIpc) is 3.56. The first kappa shape index (κ1) is 26.4. The van der Waals surface area contributed by atoms with Crippen molar-refractivity contribution in [1.82, 2.24) is 34.5 Å². The van der Waals surface area contributed by atoms with Gasteiger partial charge in [-0.15, -0.1) is 0 Å². The average molecular weight is 564 g/mol. The molecular formula is C27H24F3N9O2. The molecule has 4 N–H and O–H groups in total. The highest BCUT2D eigenvalue weighted by molar-refractivity contribution is 6.04. The van der Waals surface area contributed by atoms with Gasteiger partial charge in [0.2, 0.25) is 0 Å². The van der Waals surface area contributed by atoms with E-state index in [1.54, 1.807) is 30.5 Å². The molecule has 4 heterocycles. The summed E-state index contributed by atoms with van der Waals surface area (Å²) in [7, 11) is 0. The molecule has 0 saturated heterocycles. The van der Waals surface area contributed by atoms with Gasteiger partial charge in [-0.05, 0) is 43.5 Å². The number of pyridine rings is 1. The third kappa shape index (κ3) is 4.86. The number of hydrogen-bond donors (Lipinski definition) is 3. The Morgan fingerprint density at radius 2 is 1.95 bits per heavy atom. The van der Waals surface area contributed by atoms with Crippen molar-refractivity contribution >= 4 is 28.6 Å². The van der Waals surface area contributed by atoms with Gasteiger partial charge >= 0.3 is 6.18 Å². The van der Waals surface area contributed by atoms with Crippen molar-refractivity contribution in [3.63, 3.8) is 0 Å². The van der Waals surface area contributed by atoms with Crippen LogP contribution in [-0.2, 0) is 19.1 Å². The van der Waals surface area contributed by atoms with Gasteiger partial charge in [0.1, 0.15) is 23.7 Å². The summed E-state index contributed by atoms with van der Waals surface area (Å²) in [6.07, 6.45) is 2.17. The van der Waals surface area contributed by atoms with Crippen molar-refractivity contribution in [2.24, 2.45) is 0 Å². The first-order valence-electron chi connectivity index (χ1n) is 12.8. The van der Waals surface area contributed by atoms with Crippen LogP contribution in [0.2, 0.25) is 0 Å². The Labute approximate surface area is 230 Å². The third-order valence-corrected chi connectivity index (χ3v) is 7.11. The number of aliphatic hydroxyl groups is 1. The smallest absolute Gasteiger partial charge is 0.394 e. The lowest BCUT2D eigenvalue weighted by atomic mass is 9.93. The number of carbonyl (C=O) groups excluding carboxylic acids is 1. The van der Waals surface area contributed by atoms with Crippen LogP contribution in [0.5, 0.6) is 0 Å². The molecule has 1 aliphatic carbocycles. The van der Waals surface area contributed by atoms with Gasteiger partial charge in [-0.2, -0.15) is 23.4 Å². The summed E-state index contributed by atoms with van der Waals surface area (Å²) in [5, 5.41) is 21.7. The highest BCUT2D eigenvalue weighted by atomic mass is 19.4. The first-order chi connectivity index (χ1) is 19.7. The van der Waals surface area contributed by atoms with Crippen LogP contribution in [0.25, 0.3) is 22.3 Å². The Bertz CT molecular complexity index is 1750. The van der Waals surface area contributed by atoms with Gasteiger partial charge in [-0.1, -0.05) is 12.1 Å². The number of nitrogen functional groups attached to an aromatic ring is 1. The molecule has 41 heavy (non-hydrogen) atoms. The molecule has 14 heteroatoms. The lowest BCUT2D eigenvalue weighted by Gasteiger charge is -2.23. The van der Waals surface area contributed by atoms with E-state index in [1.165, 1.54) is 6.33 Å². The number of alkyl halides is 3. The lowest BCUT2D eigenvalue weighted by molar-refractivity contribution is -0.137. The minimum absolute atomic E-state index is 0.0120. The monoisotopic (exact) mass is 563 g/mol. The van der Waals surface area contributed by atoms with Gasteiger partial charge in [0.25, 0.3) is 5.91 Å². The van der Waals surface area contributed by atoms with E-state index in [9.17, 15) is 23.1 Å². The van der Waals surface area contributed by atoms with E-state index in [1.807, 2.05) is 9.36 Å². The summed E-state index contributed by atoms with van der Waals surface area (Å²) in [5.74, 6) is -0.574. The van der Waals surface area contributed by atoms with E-state index in [2.05, 4.69) is 25.4 Å². The number of fused-ring (bicyclic) bond motifs is 2. The van der Waals surface area contributed by atoms with Crippen LogP contribution in [0.15, 0.2) is 55.1 Å². The molecule has 1 atom stereocenters. The fourth-order valence-electron chi connectivity index (χ4n) is 5.19. The molecule has 4 aromatic heterocycles. The fraction of sp³-hybridized carbons (Fsp3) is 0.259. The van der Waals surface area contributed by atoms with Crippen molar-refractivity contribution in [1.29, 1.82) is 0 Å². The molecule has 0 spiro atoms. The molecule has 1 unspecified atom stereocenters. The van der Waals surface area contributed by atoms with Crippen LogP contribution in [0, 0.1) is 0 Å². The molecular weight excluding hydrogens is 539 g/mol. The first-order valence-corrected chi connectivity index (χ1v) is 12.8. The molecule has 0 radical (unpaired) electrons. The second kappa shape index (κ2) is 10.3. The summed E-state index contributed by atoms with van der Waals surface area (Å²) >= 11 is 0. The molecule has 1 amide bonds. The van der Waals surface area contributed by atoms with Crippen molar-refractivity contribution in [2.75, 3.05) is 17.7 Å². The normalized spacial score (nSPS) is 15.2. The SMILES string of the molecule is Nc1ncnc2c1c(-c1ccc(C(=O)Nc3cc(C(F)(F)F)ccn3)cc1)nn2C1CCCc2c1cnn2CCO. The van der Waals surface area contributed by atoms with E-state index in [4.69, 9.17) is 10.8 Å². The molecule has 210 valence electrons. The number of hydrogen-bond acceptors (Lipinski definition) is 8. The van der Waals surface area contributed by atoms with E-state index in [0.29, 0.717) is 28.8 Å². The van der Waals surface area contributed by atoms with Crippen LogP contribution in [0.1, 0.15) is 46.1 Å². The molecule has 5 aromatic rings. The largest absolute Gasteiger partial charge is 0.416 e. The van der Waals surface area contributed by atoms with Crippen molar-refractivity contribution in [3.8, 4) is 11.3 Å². The van der Waals surface area contributed by atoms with Gasteiger partial charge in [-0.3, -0.25) is 9.48 Å². The molecule has 11 nitrogen and oxygen atoms in total. The molecule has 0 fully saturated rings. The molecule has 6 rings (SSSR count). The maximum atomic E-state index is 13.0. The predicted octanol–water partition coefficient (Wildman–Crippen LogP) is 3.86. The van der Waals surface area contributed by atoms with Gasteiger partial charge in [-0.25, -0.2) is 19.6 Å². The summed E-state index contributed by atoms with van der Waals surface area (Å²) in [4.78, 5) is 25.2. The van der Waals surface area contributed by atoms with Gasteiger partial charge in [0.05, 0.1) is 36.3 Å². The summed E-state index contributed by atoms with van der Waals surface area (Å²) in [6, 6.07) is 7.90. The Balaban J connectivity index is 1.32. The number of nitrogens with two attached hydrogens (primary N) is 1. The zero-order valence-electron chi connectivity index (χ0n) is 21.5. The lowest BCUT2D eigenvalue weighted by Crippen LogP contribution is -2.20. The number of aliphatic hydroxyl groups excluding tert-OH is 1. The Morgan fingerprint density at radius 3 is 2.71 bits per heavy atom. The minimum Gasteiger partial charge on any atom is -0.394 e. The van der Waals surface area contributed by atoms with Gasteiger partial charge in [0, 0.05) is 28.6 Å². The van der Waals surface area contributed by atoms with Crippen molar-refractivity contribution in [2.45, 2.75) is 38.0 Å². The molecule has 0 bridgehead atoms. The standard InChI is InChI=1S/C27H24F3N9O2/c28-27(29,30)17-8-9-32-21(12-17)36-26(41)16-6-4-15(5-7-16)23-22-24(31)33-14-34-25(22)39(37-23)20-3-1-2-19-18(20)13-35-38(19)10-11-40/h4-9,12-14,20,40H,1-3,10-11H2,(H2,31,33,34)(H,32,36,41). The zero-order valence-corrected chi connectivity index (χ0v) is 21.5. The van der Waals surface area contributed by atoms with E-state index < -0.39 is 17.6 Å². The quantitative estimate of drug-likeness (QED) is 0.282. The highest BCUT2D eigenvalue weighted by Gasteiger charge is 2.31. The van der Waals surface area contributed by atoms with E-state index >= 15 is 0 Å². The number of carbonyl (C=O) groups is 1. The fourth-order valence-corrected chi connectivity index (χ4v) is 5.19. The highest BCUT2D eigenvalue weighted by Crippen LogP contribution is 2.38. The minimum atomic E-state index is -4.55. The van der Waals surface area contributed by atoms with Crippen LogP contribution in [0.4, 0.5) is 24.8 Å². The van der Waals surface area contributed by atoms with Gasteiger partial charge < -0.3 is 16.2 Å². The molecule has 0 saturated carbocycles. The number of amides is 1. The maximum Gasteiger partial charge on any atom is 0.416 e. The number of nitrogens with one attached hydrogen (secondary N) is 1. The Morgan fingerprint density at radius 1 is 1.15 bits per heavy atom. The van der Waals surface area contributed by atoms with Crippen LogP contribution >= 0.6 is 0 Å². The van der Waals surface area contributed by atoms with E-state index in [-0.39, 0.29) is 29.8 Å². The zero-order chi connectivity index (χ0) is 28.7. The second-order valence-electron chi connectivity index (χ2n) is 9.61. The van der Waals surface area contributed by atoms with E-state index in [0.717, 1.165) is 48.8 Å². The second-order valence-corrected chi connectivity index (χ2v) is 9.61. The maximum absolute atomic E-state index is 13.0. The topological polar surface area (TPSA) is 150 Å². The number of benzene rings is 1. The molecule has 1 aliphatic rings. The molecule has 1 aromatic carbocycles. The molecule has 0 aliphatic heterocycles. The number of aromatic nitrogens is 7. The third-order valence-electron chi connectivity index (χ3n) is 7.11. The number of halogens is 3. The number of rotatable bonds is 6. The Hall–Kier alpha value is -4.85. The van der Waals surface area contributed by atoms with Gasteiger partial charge in [0.15, 0.2) is 5.65 Å². The number of nitrogens with zero attached hydrogens (tertiary/aromatic N) is 7. The van der Waals surface area contributed by atoms with Crippen LogP contribution < -0.4 is 11.1 Å². The van der Waals surface area contributed by atoms with Crippen molar-refractivity contribution in [3.05, 3.63) is 77.5 Å². The van der Waals surface area contributed by atoms with Crippen LogP contribution in [0.3, 0.4) is 0 Å². The Kier molecular flexibility index (Phi) is 6.61. The summed E-state index contributed by atoms with van der Waals surface area (Å²) < 4.78 is 42.7.